The zero-order chi connectivity index (χ0) is 14.7. The van der Waals surface area contributed by atoms with Crippen LogP contribution in [0.2, 0.25) is 0 Å². The van der Waals surface area contributed by atoms with Gasteiger partial charge in [-0.15, -0.1) is 0 Å². The van der Waals surface area contributed by atoms with Gasteiger partial charge < -0.3 is 18.8 Å². The van der Waals surface area contributed by atoms with E-state index in [1.165, 1.54) is 13.5 Å². The van der Waals surface area contributed by atoms with Crippen molar-refractivity contribution in [2.24, 2.45) is 0 Å². The Balaban J connectivity index is 1.92. The molecule has 1 aliphatic rings. The quantitative estimate of drug-likeness (QED) is 0.804. The molecule has 2 heterocycles. The summed E-state index contributed by atoms with van der Waals surface area (Å²) in [6, 6.07) is 7.84. The number of esters is 1. The minimum atomic E-state index is -0.504. The molecule has 0 amide bonds. The molecule has 0 spiro atoms. The Morgan fingerprint density at radius 3 is 2.90 bits per heavy atom. The first-order chi connectivity index (χ1) is 10.3. The maximum Gasteiger partial charge on any atom is 0.360 e. The van der Waals surface area contributed by atoms with E-state index < -0.39 is 5.97 Å². The van der Waals surface area contributed by atoms with Gasteiger partial charge in [0.05, 0.1) is 20.3 Å². The molecule has 110 valence electrons. The molecule has 0 bridgehead atoms. The molecule has 0 saturated carbocycles. The molecule has 0 unspecified atom stereocenters. The largest absolute Gasteiger partial charge is 0.464 e. The SMILES string of the molecule is COC(=O)c1ncoc1-c1cccc(N2CCOCC2)c1. The van der Waals surface area contributed by atoms with Crippen LogP contribution in [0.1, 0.15) is 10.5 Å². The highest BCUT2D eigenvalue weighted by Crippen LogP contribution is 2.28. The fourth-order valence-electron chi connectivity index (χ4n) is 2.36. The van der Waals surface area contributed by atoms with Gasteiger partial charge >= 0.3 is 5.97 Å². The lowest BCUT2D eigenvalue weighted by Gasteiger charge is -2.29. The first kappa shape index (κ1) is 13.6. The van der Waals surface area contributed by atoms with Crippen LogP contribution in [0.4, 0.5) is 5.69 Å². The summed E-state index contributed by atoms with van der Waals surface area (Å²) in [7, 11) is 1.32. The number of hydrogen-bond acceptors (Lipinski definition) is 6. The highest BCUT2D eigenvalue weighted by molar-refractivity contribution is 5.93. The molecule has 21 heavy (non-hydrogen) atoms. The van der Waals surface area contributed by atoms with Gasteiger partial charge in [-0.3, -0.25) is 0 Å². The zero-order valence-electron chi connectivity index (χ0n) is 11.7. The van der Waals surface area contributed by atoms with Gasteiger partial charge in [0.25, 0.3) is 0 Å². The molecule has 1 aromatic carbocycles. The normalized spacial score (nSPS) is 15.0. The summed E-state index contributed by atoms with van der Waals surface area (Å²) in [5, 5.41) is 0. The van der Waals surface area contributed by atoms with Crippen LogP contribution in [0, 0.1) is 0 Å². The van der Waals surface area contributed by atoms with Crippen molar-refractivity contribution in [2.45, 2.75) is 0 Å². The maximum absolute atomic E-state index is 11.7. The number of oxazole rings is 1. The summed E-state index contributed by atoms with van der Waals surface area (Å²) in [4.78, 5) is 17.9. The summed E-state index contributed by atoms with van der Waals surface area (Å²) < 4.78 is 15.4. The van der Waals surface area contributed by atoms with Crippen LogP contribution >= 0.6 is 0 Å². The lowest BCUT2D eigenvalue weighted by atomic mass is 10.1. The first-order valence-corrected chi connectivity index (χ1v) is 6.74. The molecule has 6 nitrogen and oxygen atoms in total. The predicted molar refractivity (Wildman–Crippen MR) is 76.3 cm³/mol. The van der Waals surface area contributed by atoms with E-state index in [4.69, 9.17) is 13.9 Å². The van der Waals surface area contributed by atoms with Crippen LogP contribution in [0.3, 0.4) is 0 Å². The Morgan fingerprint density at radius 2 is 2.14 bits per heavy atom. The lowest BCUT2D eigenvalue weighted by molar-refractivity contribution is 0.0595. The summed E-state index contributed by atoms with van der Waals surface area (Å²) in [6.45, 7) is 3.15. The Morgan fingerprint density at radius 1 is 1.33 bits per heavy atom. The number of benzene rings is 1. The molecule has 0 N–H and O–H groups in total. The topological polar surface area (TPSA) is 64.8 Å². The number of morpholine rings is 1. The fraction of sp³-hybridized carbons (Fsp3) is 0.333. The first-order valence-electron chi connectivity index (χ1n) is 6.74. The van der Waals surface area contributed by atoms with Crippen LogP contribution in [0.15, 0.2) is 35.1 Å². The van der Waals surface area contributed by atoms with Crippen LogP contribution < -0.4 is 4.90 Å². The van der Waals surface area contributed by atoms with Gasteiger partial charge in [0.2, 0.25) is 0 Å². The number of carbonyl (C=O) groups excluding carboxylic acids is 1. The Kier molecular flexibility index (Phi) is 3.87. The summed E-state index contributed by atoms with van der Waals surface area (Å²) in [5.74, 6) is -0.0764. The second-order valence-corrected chi connectivity index (χ2v) is 4.67. The van der Waals surface area contributed by atoms with Crippen molar-refractivity contribution in [1.29, 1.82) is 0 Å². The molecule has 1 saturated heterocycles. The van der Waals surface area contributed by atoms with E-state index in [1.807, 2.05) is 24.3 Å². The monoisotopic (exact) mass is 288 g/mol. The zero-order valence-corrected chi connectivity index (χ0v) is 11.7. The van der Waals surface area contributed by atoms with Gasteiger partial charge in [0, 0.05) is 24.3 Å². The van der Waals surface area contributed by atoms with Crippen molar-refractivity contribution in [2.75, 3.05) is 38.3 Å². The Labute approximate surface area is 122 Å². The molecule has 2 aromatic rings. The number of hydrogen-bond donors (Lipinski definition) is 0. The van der Waals surface area contributed by atoms with Crippen molar-refractivity contribution in [3.05, 3.63) is 36.4 Å². The minimum absolute atomic E-state index is 0.191. The molecule has 6 heteroatoms. The molecule has 0 aliphatic carbocycles. The van der Waals surface area contributed by atoms with Crippen LogP contribution in [-0.4, -0.2) is 44.4 Å². The number of rotatable bonds is 3. The van der Waals surface area contributed by atoms with Crippen LogP contribution in [-0.2, 0) is 9.47 Å². The Bertz CT molecular complexity index is 632. The van der Waals surface area contributed by atoms with Crippen molar-refractivity contribution in [3.8, 4) is 11.3 Å². The molecular weight excluding hydrogens is 272 g/mol. The average molecular weight is 288 g/mol. The summed E-state index contributed by atoms with van der Waals surface area (Å²) >= 11 is 0. The minimum Gasteiger partial charge on any atom is -0.464 e. The second-order valence-electron chi connectivity index (χ2n) is 4.67. The fourth-order valence-corrected chi connectivity index (χ4v) is 2.36. The molecule has 1 aromatic heterocycles. The number of aromatic nitrogens is 1. The third-order valence-electron chi connectivity index (χ3n) is 3.43. The average Bonchev–Trinajstić information content (AvgIpc) is 3.05. The van der Waals surface area contributed by atoms with E-state index in [-0.39, 0.29) is 5.69 Å². The van der Waals surface area contributed by atoms with E-state index in [0.29, 0.717) is 5.76 Å². The van der Waals surface area contributed by atoms with Crippen LogP contribution in [0.5, 0.6) is 0 Å². The van der Waals surface area contributed by atoms with Gasteiger partial charge in [-0.05, 0) is 12.1 Å². The van der Waals surface area contributed by atoms with Crippen molar-refractivity contribution in [1.82, 2.24) is 4.98 Å². The number of ether oxygens (including phenoxy) is 2. The highest BCUT2D eigenvalue weighted by atomic mass is 16.5. The molecular formula is C15H16N2O4. The van der Waals surface area contributed by atoms with Gasteiger partial charge in [0.1, 0.15) is 0 Å². The van der Waals surface area contributed by atoms with E-state index in [9.17, 15) is 4.79 Å². The third kappa shape index (κ3) is 2.75. The van der Waals surface area contributed by atoms with Crippen LogP contribution in [0.25, 0.3) is 11.3 Å². The number of anilines is 1. The van der Waals surface area contributed by atoms with Gasteiger partial charge in [-0.1, -0.05) is 12.1 Å². The maximum atomic E-state index is 11.7. The van der Waals surface area contributed by atoms with E-state index >= 15 is 0 Å². The molecule has 0 radical (unpaired) electrons. The van der Waals surface area contributed by atoms with E-state index in [2.05, 4.69) is 9.88 Å². The smallest absolute Gasteiger partial charge is 0.360 e. The number of nitrogens with zero attached hydrogens (tertiary/aromatic N) is 2. The number of methoxy groups -OCH3 is 1. The Hall–Kier alpha value is -2.34. The summed E-state index contributed by atoms with van der Waals surface area (Å²) in [5.41, 5.74) is 2.07. The molecule has 0 atom stereocenters. The van der Waals surface area contributed by atoms with Gasteiger partial charge in [-0.25, -0.2) is 9.78 Å². The molecule has 1 aliphatic heterocycles. The second kappa shape index (κ2) is 5.97. The lowest BCUT2D eigenvalue weighted by Crippen LogP contribution is -2.36. The van der Waals surface area contributed by atoms with Gasteiger partial charge in [-0.2, -0.15) is 0 Å². The predicted octanol–water partition coefficient (Wildman–Crippen LogP) is 1.96. The van der Waals surface area contributed by atoms with Crippen molar-refractivity contribution in [3.63, 3.8) is 0 Å². The molecule has 3 rings (SSSR count). The highest BCUT2D eigenvalue weighted by Gasteiger charge is 2.20. The third-order valence-corrected chi connectivity index (χ3v) is 3.43. The van der Waals surface area contributed by atoms with E-state index in [0.717, 1.165) is 37.6 Å². The summed E-state index contributed by atoms with van der Waals surface area (Å²) in [6.07, 6.45) is 1.25. The standard InChI is InChI=1S/C15H16N2O4/c1-19-15(18)13-14(21-10-16-13)11-3-2-4-12(9-11)17-5-7-20-8-6-17/h2-4,9-10H,5-8H2,1H3. The van der Waals surface area contributed by atoms with Gasteiger partial charge in [0.15, 0.2) is 17.8 Å². The molecule has 1 fully saturated rings. The van der Waals surface area contributed by atoms with E-state index in [1.54, 1.807) is 0 Å². The van der Waals surface area contributed by atoms with Crippen molar-refractivity contribution < 1.29 is 18.7 Å². The number of carbonyl (C=O) groups is 1. The van der Waals surface area contributed by atoms with Crippen molar-refractivity contribution >= 4 is 11.7 Å².